The lowest BCUT2D eigenvalue weighted by atomic mass is 10.2. The van der Waals surface area contributed by atoms with E-state index in [-0.39, 0.29) is 0 Å². The van der Waals surface area contributed by atoms with E-state index in [2.05, 4.69) is 20.6 Å². The van der Waals surface area contributed by atoms with Crippen molar-refractivity contribution in [1.29, 1.82) is 0 Å². The SMILES string of the molecule is CNc1cnc(SC)nc1NC1CCCC1. The molecule has 88 valence electrons. The lowest BCUT2D eigenvalue weighted by molar-refractivity contribution is 0.746. The molecule has 1 heterocycles. The molecule has 4 nitrogen and oxygen atoms in total. The Morgan fingerprint density at radius 1 is 1.38 bits per heavy atom. The predicted molar refractivity (Wildman–Crippen MR) is 69.2 cm³/mol. The van der Waals surface area contributed by atoms with Crippen LogP contribution in [0.25, 0.3) is 0 Å². The van der Waals surface area contributed by atoms with Crippen molar-refractivity contribution in [1.82, 2.24) is 9.97 Å². The molecule has 1 aromatic rings. The minimum Gasteiger partial charge on any atom is -0.384 e. The number of anilines is 2. The van der Waals surface area contributed by atoms with Crippen LogP contribution in [0.5, 0.6) is 0 Å². The van der Waals surface area contributed by atoms with Crippen molar-refractivity contribution < 1.29 is 0 Å². The molecule has 5 heteroatoms. The topological polar surface area (TPSA) is 49.8 Å². The van der Waals surface area contributed by atoms with Gasteiger partial charge in [0.25, 0.3) is 0 Å². The molecule has 2 rings (SSSR count). The van der Waals surface area contributed by atoms with E-state index in [1.807, 2.05) is 19.5 Å². The normalized spacial score (nSPS) is 16.4. The highest BCUT2D eigenvalue weighted by Crippen LogP contribution is 2.26. The molecule has 0 atom stereocenters. The zero-order valence-electron chi connectivity index (χ0n) is 9.79. The van der Waals surface area contributed by atoms with Gasteiger partial charge in [-0.2, -0.15) is 0 Å². The van der Waals surface area contributed by atoms with Crippen LogP contribution in [0.15, 0.2) is 11.4 Å². The highest BCUT2D eigenvalue weighted by molar-refractivity contribution is 7.98. The summed E-state index contributed by atoms with van der Waals surface area (Å²) in [7, 11) is 1.90. The number of hydrogen-bond acceptors (Lipinski definition) is 5. The molecule has 16 heavy (non-hydrogen) atoms. The van der Waals surface area contributed by atoms with Gasteiger partial charge in [0.05, 0.1) is 11.9 Å². The van der Waals surface area contributed by atoms with Crippen LogP contribution in [0.1, 0.15) is 25.7 Å². The summed E-state index contributed by atoms with van der Waals surface area (Å²) in [5, 5.41) is 7.45. The fraction of sp³-hybridized carbons (Fsp3) is 0.636. The van der Waals surface area contributed by atoms with E-state index in [9.17, 15) is 0 Å². The largest absolute Gasteiger partial charge is 0.384 e. The maximum atomic E-state index is 4.50. The van der Waals surface area contributed by atoms with Gasteiger partial charge in [0.15, 0.2) is 11.0 Å². The van der Waals surface area contributed by atoms with Gasteiger partial charge >= 0.3 is 0 Å². The van der Waals surface area contributed by atoms with Crippen molar-refractivity contribution >= 4 is 23.3 Å². The lowest BCUT2D eigenvalue weighted by Gasteiger charge is -2.15. The Morgan fingerprint density at radius 2 is 2.12 bits per heavy atom. The van der Waals surface area contributed by atoms with Gasteiger partial charge in [0.1, 0.15) is 0 Å². The summed E-state index contributed by atoms with van der Waals surface area (Å²) >= 11 is 1.57. The standard InChI is InChI=1S/C11H18N4S/c1-12-9-7-13-11(16-2)15-10(9)14-8-5-3-4-6-8/h7-8,12H,3-6H2,1-2H3,(H,13,14,15). The van der Waals surface area contributed by atoms with Gasteiger partial charge in [-0.1, -0.05) is 24.6 Å². The zero-order chi connectivity index (χ0) is 11.4. The van der Waals surface area contributed by atoms with E-state index in [1.165, 1.54) is 25.7 Å². The van der Waals surface area contributed by atoms with Gasteiger partial charge < -0.3 is 10.6 Å². The third kappa shape index (κ3) is 2.58. The van der Waals surface area contributed by atoms with Crippen LogP contribution in [0, 0.1) is 0 Å². The Hall–Kier alpha value is -0.970. The average Bonchev–Trinajstić information content (AvgIpc) is 2.82. The summed E-state index contributed by atoms with van der Waals surface area (Å²) in [6.45, 7) is 0. The number of hydrogen-bond donors (Lipinski definition) is 2. The monoisotopic (exact) mass is 238 g/mol. The zero-order valence-corrected chi connectivity index (χ0v) is 10.6. The van der Waals surface area contributed by atoms with Gasteiger partial charge in [0.2, 0.25) is 0 Å². The molecule has 0 amide bonds. The van der Waals surface area contributed by atoms with Gasteiger partial charge in [-0.15, -0.1) is 0 Å². The average molecular weight is 238 g/mol. The summed E-state index contributed by atoms with van der Waals surface area (Å²) in [6.07, 6.45) is 8.99. The summed E-state index contributed by atoms with van der Waals surface area (Å²) in [6, 6.07) is 0.580. The minimum absolute atomic E-state index is 0.580. The second-order valence-corrected chi connectivity index (χ2v) is 4.77. The minimum atomic E-state index is 0.580. The Bertz CT molecular complexity index is 350. The number of rotatable bonds is 4. The van der Waals surface area contributed by atoms with Crippen LogP contribution in [0.2, 0.25) is 0 Å². The summed E-state index contributed by atoms with van der Waals surface area (Å²) in [5.41, 5.74) is 0.977. The third-order valence-corrected chi connectivity index (χ3v) is 3.48. The van der Waals surface area contributed by atoms with Crippen molar-refractivity contribution in [3.63, 3.8) is 0 Å². The molecule has 2 N–H and O–H groups in total. The number of thioether (sulfide) groups is 1. The lowest BCUT2D eigenvalue weighted by Crippen LogP contribution is -2.17. The van der Waals surface area contributed by atoms with Crippen LogP contribution >= 0.6 is 11.8 Å². The van der Waals surface area contributed by atoms with E-state index in [4.69, 9.17) is 0 Å². The van der Waals surface area contributed by atoms with E-state index in [0.29, 0.717) is 6.04 Å². The Morgan fingerprint density at radius 3 is 2.75 bits per heavy atom. The first kappa shape index (κ1) is 11.5. The molecule has 1 aliphatic carbocycles. The predicted octanol–water partition coefficient (Wildman–Crippen LogP) is 2.59. The van der Waals surface area contributed by atoms with Gasteiger partial charge in [-0.05, 0) is 19.1 Å². The molecule has 0 saturated heterocycles. The molecule has 1 fully saturated rings. The van der Waals surface area contributed by atoms with E-state index < -0.39 is 0 Å². The first-order chi connectivity index (χ1) is 7.83. The van der Waals surface area contributed by atoms with Crippen molar-refractivity contribution in [3.05, 3.63) is 6.20 Å². The maximum absolute atomic E-state index is 4.50. The Kier molecular flexibility index (Phi) is 3.88. The van der Waals surface area contributed by atoms with Crippen LogP contribution in [-0.2, 0) is 0 Å². The maximum Gasteiger partial charge on any atom is 0.189 e. The molecule has 0 spiro atoms. The van der Waals surface area contributed by atoms with Crippen LogP contribution in [0.3, 0.4) is 0 Å². The summed E-state index contributed by atoms with van der Waals surface area (Å²) in [5.74, 6) is 0.939. The van der Waals surface area contributed by atoms with Crippen molar-refractivity contribution in [2.24, 2.45) is 0 Å². The molecule has 0 aromatic carbocycles. The highest BCUT2D eigenvalue weighted by atomic mass is 32.2. The molecule has 1 aromatic heterocycles. The first-order valence-electron chi connectivity index (χ1n) is 5.69. The smallest absolute Gasteiger partial charge is 0.189 e. The molecule has 0 unspecified atom stereocenters. The molecule has 1 saturated carbocycles. The quantitative estimate of drug-likeness (QED) is 0.624. The van der Waals surface area contributed by atoms with Gasteiger partial charge in [0, 0.05) is 13.1 Å². The molecule has 0 aliphatic heterocycles. The van der Waals surface area contributed by atoms with Crippen LogP contribution in [-0.4, -0.2) is 29.3 Å². The highest BCUT2D eigenvalue weighted by Gasteiger charge is 2.16. The van der Waals surface area contributed by atoms with Crippen LogP contribution in [0.4, 0.5) is 11.5 Å². The first-order valence-corrected chi connectivity index (χ1v) is 6.91. The Labute approximate surface area is 101 Å². The summed E-state index contributed by atoms with van der Waals surface area (Å²) < 4.78 is 0. The second kappa shape index (κ2) is 5.39. The molecular formula is C11H18N4S. The van der Waals surface area contributed by atoms with Crippen LogP contribution < -0.4 is 10.6 Å². The van der Waals surface area contributed by atoms with Gasteiger partial charge in [-0.25, -0.2) is 9.97 Å². The second-order valence-electron chi connectivity index (χ2n) is 3.99. The fourth-order valence-electron chi connectivity index (χ4n) is 2.02. The number of aromatic nitrogens is 2. The third-order valence-electron chi connectivity index (χ3n) is 2.91. The molecule has 0 bridgehead atoms. The number of nitrogens with one attached hydrogen (secondary N) is 2. The number of nitrogens with zero attached hydrogens (tertiary/aromatic N) is 2. The van der Waals surface area contributed by atoms with E-state index in [0.717, 1.165) is 16.7 Å². The molecule has 1 aliphatic rings. The van der Waals surface area contributed by atoms with Crippen molar-refractivity contribution in [2.45, 2.75) is 36.9 Å². The van der Waals surface area contributed by atoms with E-state index in [1.54, 1.807) is 11.8 Å². The summed E-state index contributed by atoms with van der Waals surface area (Å²) in [4.78, 5) is 8.76. The molecule has 0 radical (unpaired) electrons. The van der Waals surface area contributed by atoms with Gasteiger partial charge in [-0.3, -0.25) is 0 Å². The van der Waals surface area contributed by atoms with Crippen molar-refractivity contribution in [2.75, 3.05) is 23.9 Å². The fourth-order valence-corrected chi connectivity index (χ4v) is 2.36. The molecular weight excluding hydrogens is 220 g/mol. The Balaban J connectivity index is 2.15. The van der Waals surface area contributed by atoms with Crippen molar-refractivity contribution in [3.8, 4) is 0 Å². The van der Waals surface area contributed by atoms with E-state index >= 15 is 0 Å².